The fraction of sp³-hybridized carbons (Fsp3) is 0.450. The van der Waals surface area contributed by atoms with Crippen molar-refractivity contribution in [1.82, 2.24) is 0 Å². The maximum Gasteiger partial charge on any atom is 0.187 e. The molecule has 4 N–H and O–H groups in total. The van der Waals surface area contributed by atoms with Crippen molar-refractivity contribution in [2.75, 3.05) is 19.8 Å². The number of rotatable bonds is 17. The molecule has 2 heterocycles. The van der Waals surface area contributed by atoms with E-state index in [-0.39, 0.29) is 19.8 Å². The van der Waals surface area contributed by atoms with Gasteiger partial charge in [-0.2, -0.15) is 0 Å². The summed E-state index contributed by atoms with van der Waals surface area (Å²) in [6.07, 6.45) is -4.41. The normalized spacial score (nSPS) is 29.0. The topological polar surface area (TPSA) is 146 Å². The van der Waals surface area contributed by atoms with Crippen molar-refractivity contribution in [2.45, 2.75) is 94.6 Å². The van der Waals surface area contributed by atoms with Gasteiger partial charge in [0.2, 0.25) is 0 Å². The summed E-state index contributed by atoms with van der Waals surface area (Å²) in [6.45, 7) is 10.3. The van der Waals surface area contributed by atoms with Gasteiger partial charge in [-0.05, 0) is 23.1 Å². The fourth-order valence-corrected chi connectivity index (χ4v) is 5.74. The minimum atomic E-state index is -1.24. The number of aliphatic hydroxyl groups excluding tert-OH is 4. The quantitative estimate of drug-likeness (QED) is 0.151. The first-order chi connectivity index (χ1) is 24.9. The van der Waals surface area contributed by atoms with E-state index in [1.165, 1.54) is 6.08 Å². The Hall–Kier alpha value is -3.30. The minimum absolute atomic E-state index is 0.223. The molecular formula is C40H52O11. The highest BCUT2D eigenvalue weighted by Crippen LogP contribution is 2.31. The standard InChI is InChI=1S/C30H34O6.C10H18O5/c1-2-18-32-30-29(35-22-25-16-10-5-11-17-25)28(34-21-24-14-8-4-9-15-24)27(26(19-31)36-30)33-20-23-12-6-3-7-13-23;1-3-5-14-10-9(13)8(12)7(11)6(4-2)15-10/h2-17,26-31H,1,18-22H2;3,6-13H,1,4-5H2,2H3. The molecule has 0 aliphatic carbocycles. The van der Waals surface area contributed by atoms with Gasteiger partial charge in [0.05, 0.1) is 45.7 Å². The Bertz CT molecular complexity index is 1380. The maximum atomic E-state index is 10.2. The second kappa shape index (κ2) is 21.9. The molecule has 51 heavy (non-hydrogen) atoms. The lowest BCUT2D eigenvalue weighted by molar-refractivity contribution is -0.324. The van der Waals surface area contributed by atoms with Crippen LogP contribution in [0.1, 0.15) is 30.0 Å². The molecule has 0 spiro atoms. The van der Waals surface area contributed by atoms with Gasteiger partial charge in [0, 0.05) is 0 Å². The summed E-state index contributed by atoms with van der Waals surface area (Å²) >= 11 is 0. The second-order valence-corrected chi connectivity index (χ2v) is 12.2. The molecule has 278 valence electrons. The van der Waals surface area contributed by atoms with Gasteiger partial charge >= 0.3 is 0 Å². The van der Waals surface area contributed by atoms with Gasteiger partial charge in [-0.25, -0.2) is 0 Å². The zero-order valence-corrected chi connectivity index (χ0v) is 29.1. The number of ether oxygens (including phenoxy) is 7. The van der Waals surface area contributed by atoms with Crippen LogP contribution in [0.2, 0.25) is 0 Å². The first-order valence-electron chi connectivity index (χ1n) is 17.3. The first-order valence-corrected chi connectivity index (χ1v) is 17.3. The lowest BCUT2D eigenvalue weighted by Crippen LogP contribution is -2.61. The molecule has 10 unspecified atom stereocenters. The summed E-state index contributed by atoms with van der Waals surface area (Å²) in [6, 6.07) is 29.7. The van der Waals surface area contributed by atoms with Crippen molar-refractivity contribution in [3.8, 4) is 0 Å². The SMILES string of the molecule is C=CCOC1OC(CC)C(O)C(O)C1O.C=CCOC1OC(CO)C(OCc2ccccc2)C(OCc2ccccc2)C1OCc1ccccc1. The number of hydrogen-bond acceptors (Lipinski definition) is 11. The monoisotopic (exact) mass is 708 g/mol. The van der Waals surface area contributed by atoms with Crippen LogP contribution < -0.4 is 0 Å². The number of aliphatic hydroxyl groups is 4. The van der Waals surface area contributed by atoms with Crippen LogP contribution in [0.4, 0.5) is 0 Å². The summed E-state index contributed by atoms with van der Waals surface area (Å²) < 4.78 is 41.7. The maximum absolute atomic E-state index is 10.2. The predicted octanol–water partition coefficient (Wildman–Crippen LogP) is 4.07. The van der Waals surface area contributed by atoms with Gasteiger partial charge in [-0.15, -0.1) is 13.2 Å². The van der Waals surface area contributed by atoms with Crippen molar-refractivity contribution in [2.24, 2.45) is 0 Å². The van der Waals surface area contributed by atoms with Crippen LogP contribution in [-0.2, 0) is 53.0 Å². The zero-order valence-electron chi connectivity index (χ0n) is 29.1. The highest BCUT2D eigenvalue weighted by atomic mass is 16.7. The van der Waals surface area contributed by atoms with E-state index in [0.717, 1.165) is 16.7 Å². The van der Waals surface area contributed by atoms with E-state index in [2.05, 4.69) is 13.2 Å². The van der Waals surface area contributed by atoms with Crippen LogP contribution in [0.15, 0.2) is 116 Å². The molecule has 0 amide bonds. The van der Waals surface area contributed by atoms with Gasteiger partial charge in [-0.3, -0.25) is 0 Å². The van der Waals surface area contributed by atoms with Crippen molar-refractivity contribution in [1.29, 1.82) is 0 Å². The van der Waals surface area contributed by atoms with E-state index >= 15 is 0 Å². The summed E-state index contributed by atoms with van der Waals surface area (Å²) in [5.41, 5.74) is 3.06. The third kappa shape index (κ3) is 12.1. The van der Waals surface area contributed by atoms with E-state index in [9.17, 15) is 20.4 Å². The van der Waals surface area contributed by atoms with Crippen LogP contribution in [0.3, 0.4) is 0 Å². The Morgan fingerprint density at radius 2 is 0.980 bits per heavy atom. The van der Waals surface area contributed by atoms with Crippen LogP contribution in [-0.4, -0.2) is 102 Å². The molecule has 0 bridgehead atoms. The lowest BCUT2D eigenvalue weighted by Gasteiger charge is -2.45. The molecular weight excluding hydrogens is 656 g/mol. The molecule has 0 radical (unpaired) electrons. The predicted molar refractivity (Wildman–Crippen MR) is 190 cm³/mol. The summed E-state index contributed by atoms with van der Waals surface area (Å²) in [4.78, 5) is 0. The molecule has 3 aromatic carbocycles. The van der Waals surface area contributed by atoms with Crippen LogP contribution in [0.5, 0.6) is 0 Å². The Morgan fingerprint density at radius 3 is 1.43 bits per heavy atom. The fourth-order valence-electron chi connectivity index (χ4n) is 5.74. The van der Waals surface area contributed by atoms with E-state index in [1.807, 2.05) is 97.9 Å². The Kier molecular flexibility index (Phi) is 17.4. The molecule has 3 aromatic rings. The van der Waals surface area contributed by atoms with E-state index < -0.39 is 61.4 Å². The minimum Gasteiger partial charge on any atom is -0.394 e. The number of benzene rings is 3. The highest BCUT2D eigenvalue weighted by molar-refractivity contribution is 5.15. The Balaban J connectivity index is 0.000000326. The molecule has 2 fully saturated rings. The molecule has 0 saturated carbocycles. The van der Waals surface area contributed by atoms with E-state index in [1.54, 1.807) is 6.08 Å². The second-order valence-electron chi connectivity index (χ2n) is 12.2. The van der Waals surface area contributed by atoms with Gasteiger partial charge in [0.25, 0.3) is 0 Å². The van der Waals surface area contributed by atoms with Gasteiger partial charge in [0.1, 0.15) is 42.7 Å². The summed E-state index contributed by atoms with van der Waals surface area (Å²) in [5.74, 6) is 0. The van der Waals surface area contributed by atoms with Crippen LogP contribution >= 0.6 is 0 Å². The van der Waals surface area contributed by atoms with E-state index in [0.29, 0.717) is 26.2 Å². The summed E-state index contributed by atoms with van der Waals surface area (Å²) in [5, 5.41) is 38.8. The smallest absolute Gasteiger partial charge is 0.187 e. The van der Waals surface area contributed by atoms with E-state index in [4.69, 9.17) is 33.2 Å². The van der Waals surface area contributed by atoms with Gasteiger partial charge in [-0.1, -0.05) is 110 Å². The van der Waals surface area contributed by atoms with Crippen molar-refractivity contribution in [3.05, 3.63) is 133 Å². The molecule has 2 aliphatic rings. The summed E-state index contributed by atoms with van der Waals surface area (Å²) in [7, 11) is 0. The third-order valence-electron chi connectivity index (χ3n) is 8.45. The molecule has 5 rings (SSSR count). The Morgan fingerprint density at radius 1 is 0.549 bits per heavy atom. The molecule has 11 nitrogen and oxygen atoms in total. The molecule has 11 heteroatoms. The highest BCUT2D eigenvalue weighted by Gasteiger charge is 2.49. The lowest BCUT2D eigenvalue weighted by atomic mass is 9.97. The average molecular weight is 709 g/mol. The van der Waals surface area contributed by atoms with Crippen LogP contribution in [0.25, 0.3) is 0 Å². The average Bonchev–Trinajstić information content (AvgIpc) is 3.18. The first kappa shape index (κ1) is 40.5. The zero-order chi connectivity index (χ0) is 36.4. The Labute approximate surface area is 300 Å². The third-order valence-corrected chi connectivity index (χ3v) is 8.45. The largest absolute Gasteiger partial charge is 0.394 e. The molecule has 0 aromatic heterocycles. The van der Waals surface area contributed by atoms with Crippen molar-refractivity contribution < 1.29 is 53.6 Å². The molecule has 2 saturated heterocycles. The van der Waals surface area contributed by atoms with Crippen molar-refractivity contribution in [3.63, 3.8) is 0 Å². The molecule has 2 aliphatic heterocycles. The molecule has 10 atom stereocenters. The van der Waals surface area contributed by atoms with Gasteiger partial charge < -0.3 is 53.6 Å². The van der Waals surface area contributed by atoms with Crippen molar-refractivity contribution >= 4 is 0 Å². The van der Waals surface area contributed by atoms with Gasteiger partial charge in [0.15, 0.2) is 12.6 Å². The number of hydrogen-bond donors (Lipinski definition) is 4. The van der Waals surface area contributed by atoms with Crippen LogP contribution in [0, 0.1) is 0 Å².